The van der Waals surface area contributed by atoms with Gasteiger partial charge in [-0.15, -0.1) is 10.2 Å². The average molecular weight is 361 g/mol. The quantitative estimate of drug-likeness (QED) is 0.789. The highest BCUT2D eigenvalue weighted by atomic mass is 32.2. The summed E-state index contributed by atoms with van der Waals surface area (Å²) >= 11 is 1.91. The lowest BCUT2D eigenvalue weighted by atomic mass is 9.92. The largest absolute Gasteiger partial charge is 0.467 e. The van der Waals surface area contributed by atoms with Crippen LogP contribution in [0.5, 0.6) is 0 Å². The standard InChI is InChI=1S/C19H28N4OS/c1-14-10-15(2)12-22(11-14)18-20-21-19(25-17-7-3-4-8-17)23(18)13-16-6-5-9-24-16/h5-6,9,14-15,17H,3-4,7-8,10-13H2,1-2H3. The molecule has 0 N–H and O–H groups in total. The van der Waals surface area contributed by atoms with Gasteiger partial charge in [-0.1, -0.05) is 38.5 Å². The summed E-state index contributed by atoms with van der Waals surface area (Å²) < 4.78 is 7.88. The molecule has 0 spiro atoms. The number of nitrogens with zero attached hydrogens (tertiary/aromatic N) is 4. The normalized spacial score (nSPS) is 25.0. The van der Waals surface area contributed by atoms with Crippen LogP contribution in [0.1, 0.15) is 51.7 Å². The fourth-order valence-electron chi connectivity index (χ4n) is 4.28. The van der Waals surface area contributed by atoms with E-state index in [4.69, 9.17) is 4.42 Å². The molecule has 2 aromatic rings. The minimum Gasteiger partial charge on any atom is -0.467 e. The van der Waals surface area contributed by atoms with Crippen molar-refractivity contribution in [2.24, 2.45) is 11.8 Å². The van der Waals surface area contributed by atoms with Crippen LogP contribution < -0.4 is 4.90 Å². The number of anilines is 1. The van der Waals surface area contributed by atoms with E-state index in [0.717, 1.165) is 30.0 Å². The molecule has 0 amide bonds. The molecule has 1 aliphatic carbocycles. The molecule has 1 aliphatic heterocycles. The number of aromatic nitrogens is 3. The lowest BCUT2D eigenvalue weighted by Crippen LogP contribution is -2.40. The monoisotopic (exact) mass is 360 g/mol. The SMILES string of the molecule is CC1CC(C)CN(c2nnc(SC3CCCC3)n2Cc2ccco2)C1. The molecule has 0 bridgehead atoms. The van der Waals surface area contributed by atoms with Crippen LogP contribution in [-0.4, -0.2) is 33.1 Å². The van der Waals surface area contributed by atoms with E-state index in [1.54, 1.807) is 6.26 Å². The van der Waals surface area contributed by atoms with Crippen molar-refractivity contribution in [3.05, 3.63) is 24.2 Å². The van der Waals surface area contributed by atoms with Gasteiger partial charge in [0.25, 0.3) is 0 Å². The first-order valence-electron chi connectivity index (χ1n) is 9.56. The predicted molar refractivity (Wildman–Crippen MR) is 101 cm³/mol. The number of piperidine rings is 1. The van der Waals surface area contributed by atoms with Gasteiger partial charge in [-0.3, -0.25) is 4.57 Å². The maximum atomic E-state index is 5.61. The molecule has 1 saturated heterocycles. The Morgan fingerprint density at radius 1 is 1.16 bits per heavy atom. The van der Waals surface area contributed by atoms with Gasteiger partial charge in [-0.25, -0.2) is 0 Å². The van der Waals surface area contributed by atoms with E-state index in [9.17, 15) is 0 Å². The molecule has 2 aliphatic rings. The first-order chi connectivity index (χ1) is 12.2. The van der Waals surface area contributed by atoms with Crippen LogP contribution in [0.25, 0.3) is 0 Å². The highest BCUT2D eigenvalue weighted by Crippen LogP contribution is 2.36. The summed E-state index contributed by atoms with van der Waals surface area (Å²) in [6, 6.07) is 3.99. The second-order valence-electron chi connectivity index (χ2n) is 7.82. The predicted octanol–water partition coefficient (Wildman–Crippen LogP) is 4.44. The molecular weight excluding hydrogens is 332 g/mol. The smallest absolute Gasteiger partial charge is 0.228 e. The van der Waals surface area contributed by atoms with Crippen LogP contribution in [0.2, 0.25) is 0 Å². The first-order valence-corrected chi connectivity index (χ1v) is 10.4. The summed E-state index contributed by atoms with van der Waals surface area (Å²) in [5, 5.41) is 10.9. The Kier molecular flexibility index (Phi) is 5.06. The molecule has 0 radical (unpaired) electrons. The number of thioether (sulfide) groups is 1. The van der Waals surface area contributed by atoms with Gasteiger partial charge in [-0.2, -0.15) is 0 Å². The molecule has 2 fully saturated rings. The van der Waals surface area contributed by atoms with Crippen molar-refractivity contribution in [3.8, 4) is 0 Å². The summed E-state index contributed by atoms with van der Waals surface area (Å²) in [6.45, 7) is 7.52. The first kappa shape index (κ1) is 17.0. The van der Waals surface area contributed by atoms with E-state index in [-0.39, 0.29) is 0 Å². The molecule has 136 valence electrons. The van der Waals surface area contributed by atoms with Crippen molar-refractivity contribution in [1.82, 2.24) is 14.8 Å². The van der Waals surface area contributed by atoms with Crippen molar-refractivity contribution in [2.75, 3.05) is 18.0 Å². The zero-order chi connectivity index (χ0) is 17.2. The Bertz CT molecular complexity index is 668. The number of rotatable bonds is 5. The number of hydrogen-bond donors (Lipinski definition) is 0. The van der Waals surface area contributed by atoms with Crippen LogP contribution in [0.15, 0.2) is 28.0 Å². The third kappa shape index (κ3) is 3.89. The fraction of sp³-hybridized carbons (Fsp3) is 0.684. The van der Waals surface area contributed by atoms with Crippen molar-refractivity contribution in [1.29, 1.82) is 0 Å². The van der Waals surface area contributed by atoms with E-state index < -0.39 is 0 Å². The zero-order valence-electron chi connectivity index (χ0n) is 15.2. The van der Waals surface area contributed by atoms with Crippen LogP contribution in [0.4, 0.5) is 5.95 Å². The molecule has 3 heterocycles. The van der Waals surface area contributed by atoms with E-state index in [1.807, 2.05) is 23.9 Å². The lowest BCUT2D eigenvalue weighted by Gasteiger charge is -2.35. The van der Waals surface area contributed by atoms with E-state index in [2.05, 4.69) is 33.5 Å². The van der Waals surface area contributed by atoms with Gasteiger partial charge < -0.3 is 9.32 Å². The molecule has 2 aromatic heterocycles. The maximum Gasteiger partial charge on any atom is 0.228 e. The molecule has 2 unspecified atom stereocenters. The third-order valence-corrected chi connectivity index (χ3v) is 6.63. The van der Waals surface area contributed by atoms with Crippen LogP contribution in [-0.2, 0) is 6.54 Å². The second-order valence-corrected chi connectivity index (χ2v) is 9.09. The summed E-state index contributed by atoms with van der Waals surface area (Å²) in [4.78, 5) is 2.42. The fourth-order valence-corrected chi connectivity index (χ4v) is 5.51. The Morgan fingerprint density at radius 3 is 2.60 bits per heavy atom. The van der Waals surface area contributed by atoms with Gasteiger partial charge >= 0.3 is 0 Å². The van der Waals surface area contributed by atoms with E-state index in [1.165, 1.54) is 32.1 Å². The number of hydrogen-bond acceptors (Lipinski definition) is 5. The number of furan rings is 1. The van der Waals surface area contributed by atoms with Gasteiger partial charge in [0.2, 0.25) is 5.95 Å². The second kappa shape index (κ2) is 7.44. The summed E-state index contributed by atoms with van der Waals surface area (Å²) in [5.74, 6) is 3.37. The summed E-state index contributed by atoms with van der Waals surface area (Å²) in [5.41, 5.74) is 0. The minimum atomic E-state index is 0.687. The van der Waals surface area contributed by atoms with Gasteiger partial charge in [0.05, 0.1) is 12.8 Å². The topological polar surface area (TPSA) is 47.1 Å². The van der Waals surface area contributed by atoms with Gasteiger partial charge in [0, 0.05) is 18.3 Å². The van der Waals surface area contributed by atoms with Crippen molar-refractivity contribution >= 4 is 17.7 Å². The van der Waals surface area contributed by atoms with E-state index in [0.29, 0.717) is 23.6 Å². The molecule has 1 saturated carbocycles. The van der Waals surface area contributed by atoms with Crippen LogP contribution >= 0.6 is 11.8 Å². The van der Waals surface area contributed by atoms with Crippen molar-refractivity contribution < 1.29 is 4.42 Å². The maximum absolute atomic E-state index is 5.61. The van der Waals surface area contributed by atoms with Gasteiger partial charge in [-0.05, 0) is 43.2 Å². The van der Waals surface area contributed by atoms with Gasteiger partial charge in [0.1, 0.15) is 5.76 Å². The Balaban J connectivity index is 1.61. The Hall–Kier alpha value is -1.43. The van der Waals surface area contributed by atoms with Crippen molar-refractivity contribution in [3.63, 3.8) is 0 Å². The Labute approximate surface area is 154 Å². The molecule has 4 rings (SSSR count). The van der Waals surface area contributed by atoms with Crippen LogP contribution in [0.3, 0.4) is 0 Å². The lowest BCUT2D eigenvalue weighted by molar-refractivity contribution is 0.350. The third-order valence-electron chi connectivity index (χ3n) is 5.32. The molecule has 25 heavy (non-hydrogen) atoms. The molecule has 2 atom stereocenters. The summed E-state index contributed by atoms with van der Waals surface area (Å²) in [7, 11) is 0. The molecule has 0 aromatic carbocycles. The molecule has 6 heteroatoms. The Morgan fingerprint density at radius 2 is 1.92 bits per heavy atom. The van der Waals surface area contributed by atoms with Crippen molar-refractivity contribution in [2.45, 2.75) is 62.9 Å². The highest BCUT2D eigenvalue weighted by Gasteiger charge is 2.28. The highest BCUT2D eigenvalue weighted by molar-refractivity contribution is 7.99. The minimum absolute atomic E-state index is 0.687. The zero-order valence-corrected chi connectivity index (χ0v) is 16.0. The summed E-state index contributed by atoms with van der Waals surface area (Å²) in [6.07, 6.45) is 8.33. The molecular formula is C19H28N4OS. The average Bonchev–Trinajstić information content (AvgIpc) is 3.31. The van der Waals surface area contributed by atoms with Crippen LogP contribution in [0, 0.1) is 11.8 Å². The van der Waals surface area contributed by atoms with Gasteiger partial charge in [0.15, 0.2) is 5.16 Å². The molecule has 5 nitrogen and oxygen atoms in total. The van der Waals surface area contributed by atoms with E-state index >= 15 is 0 Å².